The highest BCUT2D eigenvalue weighted by atomic mass is 16.5. The van der Waals surface area contributed by atoms with E-state index in [2.05, 4.69) is 10.6 Å². The highest BCUT2D eigenvalue weighted by Crippen LogP contribution is 2.12. The zero-order valence-corrected chi connectivity index (χ0v) is 13.2. The van der Waals surface area contributed by atoms with Gasteiger partial charge in [0.05, 0.1) is 13.2 Å². The van der Waals surface area contributed by atoms with Gasteiger partial charge in [0.1, 0.15) is 5.75 Å². The average Bonchev–Trinajstić information content (AvgIpc) is 2.60. The molecular weight excluding hydrogens is 292 g/mol. The normalized spacial score (nSPS) is 11.4. The van der Waals surface area contributed by atoms with Crippen LogP contribution in [0.2, 0.25) is 0 Å². The minimum absolute atomic E-state index is 0.226. The molecule has 1 atom stereocenters. The topological polar surface area (TPSA) is 67.4 Å². The van der Waals surface area contributed by atoms with E-state index in [0.29, 0.717) is 0 Å². The van der Waals surface area contributed by atoms with Crippen molar-refractivity contribution in [3.8, 4) is 5.75 Å². The van der Waals surface area contributed by atoms with E-state index in [1.165, 1.54) is 0 Å². The summed E-state index contributed by atoms with van der Waals surface area (Å²) < 4.78 is 5.07. The van der Waals surface area contributed by atoms with Crippen molar-refractivity contribution in [1.82, 2.24) is 10.6 Å². The fourth-order valence-corrected chi connectivity index (χ4v) is 2.09. The molecule has 120 valence electrons. The summed E-state index contributed by atoms with van der Waals surface area (Å²) in [4.78, 5) is 23.8. The van der Waals surface area contributed by atoms with Gasteiger partial charge in [0.15, 0.2) is 0 Å². The molecular formula is C18H20N2O3. The third kappa shape index (κ3) is 4.85. The van der Waals surface area contributed by atoms with E-state index in [0.717, 1.165) is 16.9 Å². The number of carbonyl (C=O) groups is 2. The molecule has 23 heavy (non-hydrogen) atoms. The van der Waals surface area contributed by atoms with Crippen molar-refractivity contribution in [3.63, 3.8) is 0 Å². The third-order valence-corrected chi connectivity index (χ3v) is 3.47. The lowest BCUT2D eigenvalue weighted by atomic mass is 10.1. The number of nitrogens with one attached hydrogen (secondary N) is 2. The molecule has 2 N–H and O–H groups in total. The Balaban J connectivity index is 1.83. The fraction of sp³-hybridized carbons (Fsp3) is 0.222. The van der Waals surface area contributed by atoms with Crippen molar-refractivity contribution in [3.05, 3.63) is 65.7 Å². The molecule has 0 aromatic heterocycles. The maximum Gasteiger partial charge on any atom is 0.309 e. The first-order valence-electron chi connectivity index (χ1n) is 7.36. The molecule has 0 aliphatic carbocycles. The zero-order chi connectivity index (χ0) is 16.7. The summed E-state index contributed by atoms with van der Waals surface area (Å²) in [5.74, 6) is -0.548. The Labute approximate surface area is 135 Å². The van der Waals surface area contributed by atoms with Crippen molar-refractivity contribution < 1.29 is 14.3 Å². The molecule has 0 fully saturated rings. The van der Waals surface area contributed by atoms with Crippen LogP contribution >= 0.6 is 0 Å². The Hall–Kier alpha value is -2.82. The van der Waals surface area contributed by atoms with E-state index in [9.17, 15) is 9.59 Å². The van der Waals surface area contributed by atoms with E-state index in [1.807, 2.05) is 49.4 Å². The van der Waals surface area contributed by atoms with Crippen LogP contribution in [0.4, 0.5) is 0 Å². The summed E-state index contributed by atoms with van der Waals surface area (Å²) in [6.45, 7) is 2.12. The number of hydrogen-bond donors (Lipinski definition) is 2. The average molecular weight is 312 g/mol. The molecule has 0 spiro atoms. The Kier molecular flexibility index (Phi) is 5.74. The second kappa shape index (κ2) is 7.98. The smallest absolute Gasteiger partial charge is 0.309 e. The van der Waals surface area contributed by atoms with Crippen LogP contribution in [0.1, 0.15) is 24.1 Å². The molecule has 5 heteroatoms. The largest absolute Gasteiger partial charge is 0.497 e. The summed E-state index contributed by atoms with van der Waals surface area (Å²) in [6, 6.07) is 16.5. The first-order chi connectivity index (χ1) is 11.1. The van der Waals surface area contributed by atoms with Gasteiger partial charge in [-0.1, -0.05) is 42.5 Å². The van der Waals surface area contributed by atoms with Crippen LogP contribution in [0.3, 0.4) is 0 Å². The van der Waals surface area contributed by atoms with Crippen LogP contribution in [0, 0.1) is 0 Å². The molecule has 2 aromatic rings. The van der Waals surface area contributed by atoms with Crippen LogP contribution in [0.25, 0.3) is 0 Å². The van der Waals surface area contributed by atoms with Crippen LogP contribution in [0.15, 0.2) is 54.6 Å². The van der Waals surface area contributed by atoms with E-state index >= 15 is 0 Å². The van der Waals surface area contributed by atoms with Gasteiger partial charge in [0.2, 0.25) is 0 Å². The summed E-state index contributed by atoms with van der Waals surface area (Å²) in [7, 11) is 1.59. The van der Waals surface area contributed by atoms with Crippen LogP contribution in [0.5, 0.6) is 5.75 Å². The monoisotopic (exact) mass is 312 g/mol. The standard InChI is InChI=1S/C18H20N2O3/c1-13(15-6-4-3-5-7-15)20-18(22)17(21)19-12-14-8-10-16(23-2)11-9-14/h3-11,13H,12H2,1-2H3,(H,19,21)(H,20,22)/t13-/m0/s1. The molecule has 2 amide bonds. The summed E-state index contributed by atoms with van der Waals surface area (Å²) in [5.41, 5.74) is 1.84. The minimum atomic E-state index is -0.649. The Morgan fingerprint density at radius 1 is 1.00 bits per heavy atom. The molecule has 0 bridgehead atoms. The Bertz CT molecular complexity index is 654. The van der Waals surface area contributed by atoms with Crippen LogP contribution in [-0.4, -0.2) is 18.9 Å². The lowest BCUT2D eigenvalue weighted by Gasteiger charge is -2.14. The first kappa shape index (κ1) is 16.5. The number of methoxy groups -OCH3 is 1. The van der Waals surface area contributed by atoms with E-state index in [4.69, 9.17) is 4.74 Å². The van der Waals surface area contributed by atoms with Gasteiger partial charge in [-0.2, -0.15) is 0 Å². The van der Waals surface area contributed by atoms with E-state index in [-0.39, 0.29) is 12.6 Å². The van der Waals surface area contributed by atoms with E-state index in [1.54, 1.807) is 19.2 Å². The van der Waals surface area contributed by atoms with Gasteiger partial charge < -0.3 is 15.4 Å². The van der Waals surface area contributed by atoms with Crippen molar-refractivity contribution in [2.24, 2.45) is 0 Å². The third-order valence-electron chi connectivity index (χ3n) is 3.47. The quantitative estimate of drug-likeness (QED) is 0.832. The predicted molar refractivity (Wildman–Crippen MR) is 87.8 cm³/mol. The van der Waals surface area contributed by atoms with Crippen molar-refractivity contribution >= 4 is 11.8 Å². The second-order valence-corrected chi connectivity index (χ2v) is 5.14. The predicted octanol–water partition coefficient (Wildman–Crippen LogP) is 2.19. The number of ether oxygens (including phenoxy) is 1. The Morgan fingerprint density at radius 2 is 1.65 bits per heavy atom. The van der Waals surface area contributed by atoms with Gasteiger partial charge in [0.25, 0.3) is 0 Å². The summed E-state index contributed by atoms with van der Waals surface area (Å²) in [5, 5.41) is 5.28. The van der Waals surface area contributed by atoms with Gasteiger partial charge >= 0.3 is 11.8 Å². The number of hydrogen-bond acceptors (Lipinski definition) is 3. The molecule has 2 aromatic carbocycles. The highest BCUT2D eigenvalue weighted by molar-refractivity contribution is 6.35. The molecule has 0 heterocycles. The van der Waals surface area contributed by atoms with Gasteiger partial charge in [-0.15, -0.1) is 0 Å². The van der Waals surface area contributed by atoms with Gasteiger partial charge in [-0.05, 0) is 30.2 Å². The van der Waals surface area contributed by atoms with Crippen LogP contribution < -0.4 is 15.4 Å². The minimum Gasteiger partial charge on any atom is -0.497 e. The second-order valence-electron chi connectivity index (χ2n) is 5.14. The SMILES string of the molecule is COc1ccc(CNC(=O)C(=O)N[C@@H](C)c2ccccc2)cc1. The highest BCUT2D eigenvalue weighted by Gasteiger charge is 2.16. The molecule has 2 rings (SSSR count). The lowest BCUT2D eigenvalue weighted by Crippen LogP contribution is -2.40. The number of carbonyl (C=O) groups excluding carboxylic acids is 2. The maximum atomic E-state index is 11.9. The zero-order valence-electron chi connectivity index (χ0n) is 13.2. The van der Waals surface area contributed by atoms with Crippen LogP contribution in [-0.2, 0) is 16.1 Å². The summed E-state index contributed by atoms with van der Waals surface area (Å²) >= 11 is 0. The lowest BCUT2D eigenvalue weighted by molar-refractivity contribution is -0.139. The van der Waals surface area contributed by atoms with Crippen molar-refractivity contribution in [1.29, 1.82) is 0 Å². The van der Waals surface area contributed by atoms with Gasteiger partial charge in [0, 0.05) is 6.54 Å². The van der Waals surface area contributed by atoms with Crippen molar-refractivity contribution in [2.45, 2.75) is 19.5 Å². The number of amides is 2. The van der Waals surface area contributed by atoms with Gasteiger partial charge in [-0.3, -0.25) is 9.59 Å². The van der Waals surface area contributed by atoms with Gasteiger partial charge in [-0.25, -0.2) is 0 Å². The fourth-order valence-electron chi connectivity index (χ4n) is 2.09. The summed E-state index contributed by atoms with van der Waals surface area (Å²) in [6.07, 6.45) is 0. The molecule has 0 aliphatic rings. The molecule has 0 saturated heterocycles. The molecule has 0 radical (unpaired) electrons. The van der Waals surface area contributed by atoms with E-state index < -0.39 is 11.8 Å². The first-order valence-corrected chi connectivity index (χ1v) is 7.36. The molecule has 0 unspecified atom stereocenters. The molecule has 0 aliphatic heterocycles. The molecule has 0 saturated carbocycles. The maximum absolute atomic E-state index is 11.9. The van der Waals surface area contributed by atoms with Crippen molar-refractivity contribution in [2.75, 3.05) is 7.11 Å². The Morgan fingerprint density at radius 3 is 2.26 bits per heavy atom. The number of benzene rings is 2. The molecule has 5 nitrogen and oxygen atoms in total. The number of rotatable bonds is 5.